The van der Waals surface area contributed by atoms with E-state index in [2.05, 4.69) is 19.2 Å². The van der Waals surface area contributed by atoms with Gasteiger partial charge in [-0.1, -0.05) is 6.92 Å². The third-order valence-electron chi connectivity index (χ3n) is 6.88. The standard InChI is InChI=1S/C21H29F3N4/c1-13-14(2)26-18-11-17(15-5-7-16(8-6-15)21(22,23)24)27-28(18)19(13)20(3)9-4-10-25-12-20/h11,15-16,25H,4-10,12H2,1-3H3/t15-,16-,20-/m0/s1. The van der Waals surface area contributed by atoms with Gasteiger partial charge in [0.15, 0.2) is 5.65 Å². The van der Waals surface area contributed by atoms with E-state index in [4.69, 9.17) is 10.1 Å². The quantitative estimate of drug-likeness (QED) is 0.794. The van der Waals surface area contributed by atoms with Crippen molar-refractivity contribution in [2.75, 3.05) is 13.1 Å². The number of rotatable bonds is 2. The molecule has 3 heterocycles. The van der Waals surface area contributed by atoms with Crippen LogP contribution in [0.15, 0.2) is 6.07 Å². The Kier molecular flexibility index (Phi) is 4.92. The molecular weight excluding hydrogens is 365 g/mol. The van der Waals surface area contributed by atoms with Crippen molar-refractivity contribution in [3.63, 3.8) is 0 Å². The SMILES string of the molecule is Cc1nc2cc([C@H]3CC[C@H](C(F)(F)F)CC3)nn2c([C@@]2(C)CCCNC2)c1C. The molecule has 2 aliphatic rings. The Morgan fingerprint density at radius 3 is 2.50 bits per heavy atom. The fraction of sp³-hybridized carbons (Fsp3) is 0.714. The molecule has 0 bridgehead atoms. The average molecular weight is 394 g/mol. The Labute approximate surface area is 163 Å². The molecule has 2 aromatic rings. The molecule has 0 spiro atoms. The molecular formula is C21H29F3N4. The highest BCUT2D eigenvalue weighted by atomic mass is 19.4. The van der Waals surface area contributed by atoms with Crippen LogP contribution in [0.4, 0.5) is 13.2 Å². The molecule has 1 aliphatic carbocycles. The largest absolute Gasteiger partial charge is 0.391 e. The highest BCUT2D eigenvalue weighted by Gasteiger charge is 2.42. The summed E-state index contributed by atoms with van der Waals surface area (Å²) in [7, 11) is 0. The molecule has 0 radical (unpaired) electrons. The number of piperidine rings is 1. The fourth-order valence-corrected chi connectivity index (χ4v) is 5.10. The van der Waals surface area contributed by atoms with Crippen LogP contribution in [0, 0.1) is 19.8 Å². The van der Waals surface area contributed by atoms with Crippen LogP contribution in [0.3, 0.4) is 0 Å². The molecule has 0 amide bonds. The minimum absolute atomic E-state index is 0.0223. The van der Waals surface area contributed by atoms with E-state index in [1.807, 2.05) is 17.5 Å². The summed E-state index contributed by atoms with van der Waals surface area (Å²) in [5.41, 5.74) is 5.04. The van der Waals surface area contributed by atoms with Gasteiger partial charge in [0.2, 0.25) is 0 Å². The molecule has 0 unspecified atom stereocenters. The molecule has 28 heavy (non-hydrogen) atoms. The topological polar surface area (TPSA) is 42.2 Å². The molecule has 4 rings (SSSR count). The van der Waals surface area contributed by atoms with Crippen molar-refractivity contribution >= 4 is 5.65 Å². The van der Waals surface area contributed by atoms with E-state index in [1.54, 1.807) is 0 Å². The predicted octanol–water partition coefficient (Wildman–Crippen LogP) is 4.82. The smallest absolute Gasteiger partial charge is 0.316 e. The molecule has 1 saturated carbocycles. The highest BCUT2D eigenvalue weighted by molar-refractivity contribution is 5.47. The van der Waals surface area contributed by atoms with Gasteiger partial charge in [-0.2, -0.15) is 18.3 Å². The lowest BCUT2D eigenvalue weighted by Gasteiger charge is -2.36. The molecule has 1 atom stereocenters. The number of nitrogens with one attached hydrogen (secondary N) is 1. The highest BCUT2D eigenvalue weighted by Crippen LogP contribution is 2.43. The summed E-state index contributed by atoms with van der Waals surface area (Å²) in [6.45, 7) is 8.34. The molecule has 2 fully saturated rings. The maximum Gasteiger partial charge on any atom is 0.391 e. The Bertz CT molecular complexity index is 857. The van der Waals surface area contributed by atoms with E-state index >= 15 is 0 Å². The van der Waals surface area contributed by atoms with Gasteiger partial charge in [0.05, 0.1) is 17.3 Å². The van der Waals surface area contributed by atoms with Gasteiger partial charge in [-0.15, -0.1) is 0 Å². The second-order valence-corrected chi connectivity index (χ2v) is 8.94. The van der Waals surface area contributed by atoms with E-state index in [9.17, 15) is 13.2 Å². The van der Waals surface area contributed by atoms with Gasteiger partial charge in [0.1, 0.15) is 0 Å². The lowest BCUT2D eigenvalue weighted by molar-refractivity contribution is -0.182. The molecule has 2 aromatic heterocycles. The Balaban J connectivity index is 1.69. The second kappa shape index (κ2) is 7.01. The van der Waals surface area contributed by atoms with Crippen molar-refractivity contribution in [3.8, 4) is 0 Å². The van der Waals surface area contributed by atoms with Gasteiger partial charge in [-0.25, -0.2) is 9.50 Å². The molecule has 0 aromatic carbocycles. The molecule has 1 saturated heterocycles. The Morgan fingerprint density at radius 2 is 1.89 bits per heavy atom. The number of hydrogen-bond acceptors (Lipinski definition) is 3. The Morgan fingerprint density at radius 1 is 1.18 bits per heavy atom. The van der Waals surface area contributed by atoms with E-state index in [0.717, 1.165) is 48.5 Å². The summed E-state index contributed by atoms with van der Waals surface area (Å²) in [4.78, 5) is 4.73. The first-order valence-corrected chi connectivity index (χ1v) is 10.3. The summed E-state index contributed by atoms with van der Waals surface area (Å²) >= 11 is 0. The van der Waals surface area contributed by atoms with Gasteiger partial charge in [-0.3, -0.25) is 0 Å². The van der Waals surface area contributed by atoms with Gasteiger partial charge in [-0.05, 0) is 64.5 Å². The van der Waals surface area contributed by atoms with Crippen molar-refractivity contribution < 1.29 is 13.2 Å². The van der Waals surface area contributed by atoms with Gasteiger partial charge >= 0.3 is 6.18 Å². The van der Waals surface area contributed by atoms with Crippen LogP contribution in [0.1, 0.15) is 74.0 Å². The van der Waals surface area contributed by atoms with Gasteiger partial charge < -0.3 is 5.32 Å². The molecule has 1 aliphatic heterocycles. The van der Waals surface area contributed by atoms with Crippen LogP contribution in [-0.4, -0.2) is 33.9 Å². The molecule has 1 N–H and O–H groups in total. The molecule has 154 valence electrons. The van der Waals surface area contributed by atoms with E-state index in [0.29, 0.717) is 12.8 Å². The van der Waals surface area contributed by atoms with E-state index in [-0.39, 0.29) is 24.2 Å². The van der Waals surface area contributed by atoms with Crippen molar-refractivity contribution in [1.82, 2.24) is 19.9 Å². The second-order valence-electron chi connectivity index (χ2n) is 8.94. The number of fused-ring (bicyclic) bond motifs is 1. The van der Waals surface area contributed by atoms with Crippen molar-refractivity contribution in [2.24, 2.45) is 5.92 Å². The predicted molar refractivity (Wildman–Crippen MR) is 103 cm³/mol. The summed E-state index contributed by atoms with van der Waals surface area (Å²) in [6, 6.07) is 1.99. The average Bonchev–Trinajstić information content (AvgIpc) is 3.05. The summed E-state index contributed by atoms with van der Waals surface area (Å²) < 4.78 is 41.0. The van der Waals surface area contributed by atoms with Crippen molar-refractivity contribution in [1.29, 1.82) is 0 Å². The first-order valence-electron chi connectivity index (χ1n) is 10.3. The number of nitrogens with zero attached hydrogens (tertiary/aromatic N) is 3. The van der Waals surface area contributed by atoms with Crippen molar-refractivity contribution in [2.45, 2.75) is 76.8 Å². The van der Waals surface area contributed by atoms with Gasteiger partial charge in [0, 0.05) is 29.6 Å². The number of alkyl halides is 3. The first-order chi connectivity index (χ1) is 13.2. The third-order valence-corrected chi connectivity index (χ3v) is 6.88. The van der Waals surface area contributed by atoms with Gasteiger partial charge in [0.25, 0.3) is 0 Å². The third kappa shape index (κ3) is 3.42. The zero-order valence-electron chi connectivity index (χ0n) is 16.9. The summed E-state index contributed by atoms with van der Waals surface area (Å²) in [5, 5.41) is 8.40. The van der Waals surface area contributed by atoms with Crippen LogP contribution in [0.25, 0.3) is 5.65 Å². The van der Waals surface area contributed by atoms with Crippen LogP contribution in [0.2, 0.25) is 0 Å². The molecule has 7 heteroatoms. The zero-order chi connectivity index (χ0) is 20.1. The van der Waals surface area contributed by atoms with Crippen LogP contribution in [-0.2, 0) is 5.41 Å². The Hall–Kier alpha value is -1.63. The number of aryl methyl sites for hydroxylation is 1. The van der Waals surface area contributed by atoms with Crippen LogP contribution in [0.5, 0.6) is 0 Å². The van der Waals surface area contributed by atoms with E-state index < -0.39 is 12.1 Å². The van der Waals surface area contributed by atoms with E-state index in [1.165, 1.54) is 5.69 Å². The lowest BCUT2D eigenvalue weighted by atomic mass is 9.77. The molecule has 4 nitrogen and oxygen atoms in total. The first kappa shape index (κ1) is 19.7. The monoisotopic (exact) mass is 394 g/mol. The summed E-state index contributed by atoms with van der Waals surface area (Å²) in [6.07, 6.45) is -0.389. The minimum Gasteiger partial charge on any atom is -0.316 e. The van der Waals surface area contributed by atoms with Crippen LogP contribution >= 0.6 is 0 Å². The number of aromatic nitrogens is 3. The minimum atomic E-state index is -4.07. The number of halogens is 3. The normalized spacial score (nSPS) is 29.4. The van der Waals surface area contributed by atoms with Crippen molar-refractivity contribution in [3.05, 3.63) is 28.7 Å². The fourth-order valence-electron chi connectivity index (χ4n) is 5.10. The number of hydrogen-bond donors (Lipinski definition) is 1. The maximum absolute atomic E-state index is 13.0. The lowest BCUT2D eigenvalue weighted by Crippen LogP contribution is -2.43. The zero-order valence-corrected chi connectivity index (χ0v) is 16.9. The maximum atomic E-state index is 13.0. The van der Waals surface area contributed by atoms with Crippen LogP contribution < -0.4 is 5.32 Å². The summed E-state index contributed by atoms with van der Waals surface area (Å²) in [5.74, 6) is -1.07.